The van der Waals surface area contributed by atoms with Gasteiger partial charge >= 0.3 is 0 Å². The summed E-state index contributed by atoms with van der Waals surface area (Å²) in [5.41, 5.74) is 6.48. The monoisotopic (exact) mass is 584 g/mol. The summed E-state index contributed by atoms with van der Waals surface area (Å²) in [7, 11) is -1.56. The maximum absolute atomic E-state index is 2.47. The first kappa shape index (κ1) is 27.8. The molecule has 3 heteroatoms. The van der Waals surface area contributed by atoms with E-state index in [9.17, 15) is 0 Å². The van der Waals surface area contributed by atoms with Gasteiger partial charge in [0.2, 0.25) is 0 Å². The van der Waals surface area contributed by atoms with Gasteiger partial charge in [0.25, 0.3) is 0 Å². The summed E-state index contributed by atoms with van der Waals surface area (Å²) in [5, 5.41) is 11.0. The van der Waals surface area contributed by atoms with Gasteiger partial charge < -0.3 is 0 Å². The average Bonchev–Trinajstić information content (AvgIpc) is 3.42. The minimum Gasteiger partial charge on any atom is -0.142 e. The minimum absolute atomic E-state index is 0.760. The van der Waals surface area contributed by atoms with Gasteiger partial charge in [0, 0.05) is 20.9 Å². The van der Waals surface area contributed by atoms with Crippen LogP contribution in [-0.2, 0) is 0 Å². The van der Waals surface area contributed by atoms with Crippen LogP contribution in [0.4, 0.5) is 0 Å². The standard InChI is InChI=1S/C38H34P2S/c1-27-10-18-32(19-11-27)39(33-20-12-28(2)13-21-33)36-26-41-38(31-8-6-5-7-9-31)37(36)40(34-22-14-29(3)15-23-34)35-24-16-30(4)17-25-35/h5-26H,1-4H3. The second-order valence-corrected chi connectivity index (χ2v) is 15.9. The molecule has 1 heterocycles. The molecule has 0 spiro atoms. The zero-order chi connectivity index (χ0) is 28.3. The van der Waals surface area contributed by atoms with E-state index in [1.807, 2.05) is 11.3 Å². The highest BCUT2D eigenvalue weighted by Gasteiger charge is 2.30. The van der Waals surface area contributed by atoms with Gasteiger partial charge in [0.15, 0.2) is 0 Å². The third-order valence-electron chi connectivity index (χ3n) is 7.42. The molecule has 0 fully saturated rings. The molecular weight excluding hydrogens is 550 g/mol. The van der Waals surface area contributed by atoms with Crippen LogP contribution in [0.15, 0.2) is 133 Å². The summed E-state index contributed by atoms with van der Waals surface area (Å²) < 4.78 is 0. The highest BCUT2D eigenvalue weighted by molar-refractivity contribution is 7.86. The Morgan fingerprint density at radius 1 is 0.415 bits per heavy atom. The highest BCUT2D eigenvalue weighted by Crippen LogP contribution is 2.44. The smallest absolute Gasteiger partial charge is 0.0433 e. The first-order valence-corrected chi connectivity index (χ1v) is 17.6. The van der Waals surface area contributed by atoms with E-state index in [2.05, 4.69) is 160 Å². The topological polar surface area (TPSA) is 0 Å². The molecule has 41 heavy (non-hydrogen) atoms. The summed E-state index contributed by atoms with van der Waals surface area (Å²) in [6.07, 6.45) is 0. The maximum Gasteiger partial charge on any atom is 0.0433 e. The largest absolute Gasteiger partial charge is 0.142 e. The molecule has 0 atom stereocenters. The second kappa shape index (κ2) is 12.3. The molecule has 0 saturated heterocycles. The lowest BCUT2D eigenvalue weighted by Gasteiger charge is -2.26. The molecule has 0 aliphatic carbocycles. The van der Waals surface area contributed by atoms with Gasteiger partial charge in [-0.1, -0.05) is 150 Å². The summed E-state index contributed by atoms with van der Waals surface area (Å²) in [6, 6.07) is 48.0. The van der Waals surface area contributed by atoms with Crippen molar-refractivity contribution in [3.63, 3.8) is 0 Å². The molecule has 0 N–H and O–H groups in total. The SMILES string of the molecule is Cc1ccc(P(c2ccc(C)cc2)c2csc(-c3ccccc3)c2P(c2ccc(C)cc2)c2ccc(C)cc2)cc1. The summed E-state index contributed by atoms with van der Waals surface area (Å²) in [4.78, 5) is 1.39. The Hall–Kier alpha value is -3.34. The lowest BCUT2D eigenvalue weighted by Crippen LogP contribution is -2.33. The molecule has 0 saturated carbocycles. The second-order valence-electron chi connectivity index (χ2n) is 10.7. The van der Waals surface area contributed by atoms with E-state index >= 15 is 0 Å². The molecule has 1 aromatic heterocycles. The van der Waals surface area contributed by atoms with Gasteiger partial charge in [-0.05, 0) is 70.3 Å². The van der Waals surface area contributed by atoms with E-state index < -0.39 is 15.8 Å². The molecule has 6 rings (SSSR count). The number of hydrogen-bond donors (Lipinski definition) is 0. The third kappa shape index (κ3) is 6.00. The van der Waals surface area contributed by atoms with Crippen LogP contribution in [-0.4, -0.2) is 0 Å². The fourth-order valence-corrected chi connectivity index (χ4v) is 12.1. The van der Waals surface area contributed by atoms with Crippen LogP contribution in [0.5, 0.6) is 0 Å². The van der Waals surface area contributed by atoms with E-state index in [4.69, 9.17) is 0 Å². The normalized spacial score (nSPS) is 11.4. The van der Waals surface area contributed by atoms with Crippen molar-refractivity contribution < 1.29 is 0 Å². The van der Waals surface area contributed by atoms with Crippen LogP contribution < -0.4 is 31.8 Å². The number of aryl methyl sites for hydroxylation is 4. The van der Waals surface area contributed by atoms with Gasteiger partial charge in [-0.15, -0.1) is 11.3 Å². The molecule has 6 aromatic rings. The number of thiophene rings is 1. The van der Waals surface area contributed by atoms with Crippen molar-refractivity contribution in [3.8, 4) is 10.4 Å². The Morgan fingerprint density at radius 3 is 1.17 bits per heavy atom. The van der Waals surface area contributed by atoms with Crippen LogP contribution in [0, 0.1) is 27.7 Å². The molecule has 0 nitrogen and oxygen atoms in total. The van der Waals surface area contributed by atoms with Crippen molar-refractivity contribution in [1.29, 1.82) is 0 Å². The van der Waals surface area contributed by atoms with Crippen molar-refractivity contribution in [3.05, 3.63) is 155 Å². The van der Waals surface area contributed by atoms with Crippen LogP contribution in [0.3, 0.4) is 0 Å². The first-order valence-electron chi connectivity index (χ1n) is 14.0. The Labute approximate surface area is 251 Å². The van der Waals surface area contributed by atoms with Crippen molar-refractivity contribution >= 4 is 59.0 Å². The number of rotatable bonds is 7. The molecule has 0 radical (unpaired) electrons. The van der Waals surface area contributed by atoms with Crippen LogP contribution in [0.2, 0.25) is 0 Å². The van der Waals surface area contributed by atoms with Crippen LogP contribution in [0.25, 0.3) is 10.4 Å². The molecule has 5 aromatic carbocycles. The van der Waals surface area contributed by atoms with Gasteiger partial charge in [-0.3, -0.25) is 0 Å². The third-order valence-corrected chi connectivity index (χ3v) is 14.0. The van der Waals surface area contributed by atoms with E-state index in [0.717, 1.165) is 0 Å². The van der Waals surface area contributed by atoms with Crippen molar-refractivity contribution in [1.82, 2.24) is 0 Å². The van der Waals surface area contributed by atoms with Gasteiger partial charge in [-0.2, -0.15) is 0 Å². The van der Waals surface area contributed by atoms with Crippen LogP contribution >= 0.6 is 27.2 Å². The quantitative estimate of drug-likeness (QED) is 0.166. The van der Waals surface area contributed by atoms with Crippen molar-refractivity contribution in [2.24, 2.45) is 0 Å². The fraction of sp³-hybridized carbons (Fsp3) is 0.105. The summed E-state index contributed by atoms with van der Waals surface area (Å²) in [5.74, 6) is 0. The molecule has 0 aliphatic rings. The zero-order valence-corrected chi connectivity index (χ0v) is 26.6. The summed E-state index contributed by atoms with van der Waals surface area (Å²) in [6.45, 7) is 8.71. The molecule has 0 aliphatic heterocycles. The van der Waals surface area contributed by atoms with E-state index in [0.29, 0.717) is 0 Å². The Bertz CT molecular complexity index is 1640. The molecule has 0 amide bonds. The first-order chi connectivity index (χ1) is 20.0. The predicted molar refractivity (Wildman–Crippen MR) is 186 cm³/mol. The zero-order valence-electron chi connectivity index (χ0n) is 24.0. The fourth-order valence-electron chi connectivity index (χ4n) is 5.12. The van der Waals surface area contributed by atoms with E-state index in [1.165, 1.54) is 64.5 Å². The van der Waals surface area contributed by atoms with Gasteiger partial charge in [0.1, 0.15) is 0 Å². The summed E-state index contributed by atoms with van der Waals surface area (Å²) >= 11 is 1.91. The van der Waals surface area contributed by atoms with Crippen molar-refractivity contribution in [2.45, 2.75) is 27.7 Å². The van der Waals surface area contributed by atoms with Crippen molar-refractivity contribution in [2.75, 3.05) is 0 Å². The lowest BCUT2D eigenvalue weighted by atomic mass is 10.2. The van der Waals surface area contributed by atoms with E-state index in [-0.39, 0.29) is 0 Å². The van der Waals surface area contributed by atoms with E-state index in [1.54, 1.807) is 0 Å². The Morgan fingerprint density at radius 2 is 0.780 bits per heavy atom. The molecule has 0 unspecified atom stereocenters. The predicted octanol–water partition coefficient (Wildman–Crippen LogP) is 8.17. The average molecular weight is 585 g/mol. The molecule has 0 bridgehead atoms. The molecular formula is C38H34P2S. The Kier molecular flexibility index (Phi) is 8.32. The number of hydrogen-bond acceptors (Lipinski definition) is 1. The number of benzene rings is 5. The molecule has 202 valence electrons. The highest BCUT2D eigenvalue weighted by atomic mass is 32.1. The lowest BCUT2D eigenvalue weighted by molar-refractivity contribution is 1.49. The van der Waals surface area contributed by atoms with Gasteiger partial charge in [0.05, 0.1) is 0 Å². The minimum atomic E-state index is -0.798. The Balaban J connectivity index is 1.67. The van der Waals surface area contributed by atoms with Gasteiger partial charge in [-0.25, -0.2) is 0 Å². The van der Waals surface area contributed by atoms with Crippen LogP contribution in [0.1, 0.15) is 22.3 Å². The maximum atomic E-state index is 2.47.